The molecule has 0 saturated carbocycles. The summed E-state index contributed by atoms with van der Waals surface area (Å²) in [4.78, 5) is 0. The van der Waals surface area contributed by atoms with Crippen LogP contribution in [0.15, 0.2) is 146 Å². The maximum absolute atomic E-state index is 9.78. The molecule has 7 aromatic rings. The van der Waals surface area contributed by atoms with Gasteiger partial charge in [0.1, 0.15) is 5.75 Å². The largest absolute Gasteiger partial charge is 0.508 e. The van der Waals surface area contributed by atoms with Crippen molar-refractivity contribution in [3.05, 3.63) is 173 Å². The standard InChI is InChI=1S/C13H14O.2C13H14.C10H14/c1-9(2)13-11-6-4-3-5-10(11)7-8-12(13)14;1-10(2)12-9-5-7-11-6-3-4-8-13(11)12;1-10(2)12-8-7-11-5-3-4-6-13(11)9-12;1-8(2)10-6-4-9(3)5-7-10/h3-9,14H,1-2H3;2*3-10H,1-2H3;4-8H,1-3H3. The van der Waals surface area contributed by atoms with E-state index in [2.05, 4.69) is 184 Å². The van der Waals surface area contributed by atoms with Crippen molar-refractivity contribution in [3.8, 4) is 5.75 Å². The summed E-state index contributed by atoms with van der Waals surface area (Å²) >= 11 is 0. The number of fused-ring (bicyclic) bond motifs is 3. The lowest BCUT2D eigenvalue weighted by Gasteiger charge is -2.11. The Morgan fingerprint density at radius 2 is 0.860 bits per heavy atom. The Kier molecular flexibility index (Phi) is 13.8. The lowest BCUT2D eigenvalue weighted by atomic mass is 9.95. The molecule has 0 heterocycles. The molecule has 1 heteroatoms. The third kappa shape index (κ3) is 10.3. The fourth-order valence-electron chi connectivity index (χ4n) is 6.16. The second-order valence-corrected chi connectivity index (χ2v) is 14.4. The molecule has 0 aliphatic carbocycles. The molecule has 0 unspecified atom stereocenters. The lowest BCUT2D eigenvalue weighted by molar-refractivity contribution is 0.466. The average Bonchev–Trinajstić information content (AvgIpc) is 3.12. The maximum Gasteiger partial charge on any atom is 0.119 e. The molecular weight excluding hydrogens is 605 g/mol. The third-order valence-corrected chi connectivity index (χ3v) is 9.15. The van der Waals surface area contributed by atoms with Crippen molar-refractivity contribution in [2.24, 2.45) is 0 Å². The van der Waals surface area contributed by atoms with Gasteiger partial charge in [0.25, 0.3) is 0 Å². The van der Waals surface area contributed by atoms with Crippen molar-refractivity contribution >= 4 is 32.3 Å². The number of aromatic hydroxyl groups is 1. The summed E-state index contributed by atoms with van der Waals surface area (Å²) in [7, 11) is 0. The molecule has 7 aromatic carbocycles. The first-order chi connectivity index (χ1) is 24.0. The average molecular weight is 661 g/mol. The molecule has 0 radical (unpaired) electrons. The number of phenolic OH excluding ortho intramolecular Hbond substituents is 1. The molecule has 0 aromatic heterocycles. The minimum Gasteiger partial charge on any atom is -0.508 e. The van der Waals surface area contributed by atoms with Crippen molar-refractivity contribution in [3.63, 3.8) is 0 Å². The molecule has 0 fully saturated rings. The van der Waals surface area contributed by atoms with Crippen LogP contribution in [0.2, 0.25) is 0 Å². The van der Waals surface area contributed by atoms with E-state index in [9.17, 15) is 5.11 Å². The fraction of sp³-hybridized carbons (Fsp3) is 0.265. The maximum atomic E-state index is 9.78. The normalized spacial score (nSPS) is 10.9. The number of rotatable bonds is 4. The third-order valence-electron chi connectivity index (χ3n) is 9.15. The summed E-state index contributed by atoms with van der Waals surface area (Å²) < 4.78 is 0. The summed E-state index contributed by atoms with van der Waals surface area (Å²) in [5, 5.41) is 17.5. The molecular formula is C49H56O. The number of aryl methyl sites for hydroxylation is 1. The fourth-order valence-corrected chi connectivity index (χ4v) is 6.16. The van der Waals surface area contributed by atoms with Crippen LogP contribution >= 0.6 is 0 Å². The molecule has 1 N–H and O–H groups in total. The van der Waals surface area contributed by atoms with Crippen LogP contribution in [0.25, 0.3) is 32.3 Å². The summed E-state index contributed by atoms with van der Waals surface area (Å²) in [6.45, 7) is 19.7. The molecule has 258 valence electrons. The Labute approximate surface area is 301 Å². The van der Waals surface area contributed by atoms with E-state index in [0.29, 0.717) is 29.4 Å². The highest BCUT2D eigenvalue weighted by atomic mass is 16.3. The van der Waals surface area contributed by atoms with Gasteiger partial charge in [-0.1, -0.05) is 200 Å². The van der Waals surface area contributed by atoms with Gasteiger partial charge in [-0.25, -0.2) is 0 Å². The summed E-state index contributed by atoms with van der Waals surface area (Å²) in [6.07, 6.45) is 0. The Bertz CT molecular complexity index is 2070. The van der Waals surface area contributed by atoms with E-state index in [1.54, 1.807) is 6.07 Å². The van der Waals surface area contributed by atoms with E-state index in [1.807, 2.05) is 18.2 Å². The molecule has 7 rings (SSSR count). The van der Waals surface area contributed by atoms with Crippen LogP contribution in [-0.4, -0.2) is 5.11 Å². The first kappa shape index (κ1) is 37.9. The minimum absolute atomic E-state index is 0.348. The zero-order valence-electron chi connectivity index (χ0n) is 31.6. The highest BCUT2D eigenvalue weighted by Crippen LogP contribution is 2.33. The van der Waals surface area contributed by atoms with E-state index >= 15 is 0 Å². The van der Waals surface area contributed by atoms with Crippen molar-refractivity contribution < 1.29 is 5.11 Å². The van der Waals surface area contributed by atoms with Gasteiger partial charge < -0.3 is 5.11 Å². The van der Waals surface area contributed by atoms with Gasteiger partial charge in [0.15, 0.2) is 0 Å². The number of benzene rings is 7. The van der Waals surface area contributed by atoms with E-state index < -0.39 is 0 Å². The summed E-state index contributed by atoms with van der Waals surface area (Å²) in [5.41, 5.74) is 6.66. The van der Waals surface area contributed by atoms with Gasteiger partial charge in [-0.2, -0.15) is 0 Å². The quantitative estimate of drug-likeness (QED) is 0.199. The van der Waals surface area contributed by atoms with E-state index in [4.69, 9.17) is 0 Å². The highest BCUT2D eigenvalue weighted by molar-refractivity contribution is 5.88. The summed E-state index contributed by atoms with van der Waals surface area (Å²) in [5.74, 6) is 2.62. The molecule has 1 nitrogen and oxygen atoms in total. The predicted octanol–water partition coefficient (Wildman–Crippen LogP) is 14.7. The number of phenols is 1. The molecule has 0 aliphatic heterocycles. The minimum atomic E-state index is 0.348. The first-order valence-electron chi connectivity index (χ1n) is 18.2. The van der Waals surface area contributed by atoms with E-state index in [-0.39, 0.29) is 0 Å². The molecule has 0 amide bonds. The van der Waals surface area contributed by atoms with Crippen molar-refractivity contribution in [1.29, 1.82) is 0 Å². The predicted molar refractivity (Wildman–Crippen MR) is 221 cm³/mol. The van der Waals surface area contributed by atoms with Crippen LogP contribution in [0.4, 0.5) is 0 Å². The Morgan fingerprint density at radius 1 is 0.380 bits per heavy atom. The lowest BCUT2D eigenvalue weighted by Crippen LogP contribution is -1.90. The highest BCUT2D eigenvalue weighted by Gasteiger charge is 2.09. The molecule has 0 bridgehead atoms. The Morgan fingerprint density at radius 3 is 1.44 bits per heavy atom. The van der Waals surface area contributed by atoms with Crippen molar-refractivity contribution in [1.82, 2.24) is 0 Å². The van der Waals surface area contributed by atoms with Gasteiger partial charge in [-0.15, -0.1) is 0 Å². The number of hydrogen-bond acceptors (Lipinski definition) is 1. The molecule has 0 spiro atoms. The topological polar surface area (TPSA) is 20.2 Å². The van der Waals surface area contributed by atoms with Crippen LogP contribution in [0, 0.1) is 6.92 Å². The van der Waals surface area contributed by atoms with Gasteiger partial charge in [-0.3, -0.25) is 0 Å². The van der Waals surface area contributed by atoms with Gasteiger partial charge >= 0.3 is 0 Å². The van der Waals surface area contributed by atoms with Crippen molar-refractivity contribution in [2.75, 3.05) is 0 Å². The SMILES string of the molecule is CC(C)c1c(O)ccc2ccccc12.CC(C)c1ccc2ccccc2c1.CC(C)c1cccc2ccccc12.Cc1ccc(C(C)C)cc1. The molecule has 50 heavy (non-hydrogen) atoms. The van der Waals surface area contributed by atoms with E-state index in [1.165, 1.54) is 49.2 Å². The Hall–Kier alpha value is -4.88. The molecule has 0 aliphatic rings. The zero-order chi connectivity index (χ0) is 36.2. The van der Waals surface area contributed by atoms with Gasteiger partial charge in [-0.05, 0) is 85.7 Å². The monoisotopic (exact) mass is 660 g/mol. The second kappa shape index (κ2) is 18.2. The number of hydrogen-bond donors (Lipinski definition) is 1. The molecule has 0 atom stereocenters. The smallest absolute Gasteiger partial charge is 0.119 e. The van der Waals surface area contributed by atoms with Crippen LogP contribution in [0.1, 0.15) is 107 Å². The van der Waals surface area contributed by atoms with Gasteiger partial charge in [0.2, 0.25) is 0 Å². The first-order valence-corrected chi connectivity index (χ1v) is 18.2. The van der Waals surface area contributed by atoms with Gasteiger partial charge in [0, 0.05) is 5.56 Å². The van der Waals surface area contributed by atoms with E-state index in [0.717, 1.165) is 10.9 Å². The van der Waals surface area contributed by atoms with Crippen molar-refractivity contribution in [2.45, 2.75) is 86.0 Å². The Balaban J connectivity index is 0.000000151. The van der Waals surface area contributed by atoms with Crippen LogP contribution in [-0.2, 0) is 0 Å². The van der Waals surface area contributed by atoms with Crippen LogP contribution < -0.4 is 0 Å². The summed E-state index contributed by atoms with van der Waals surface area (Å²) in [6, 6.07) is 50.9. The van der Waals surface area contributed by atoms with Crippen LogP contribution in [0.3, 0.4) is 0 Å². The second-order valence-electron chi connectivity index (χ2n) is 14.4. The zero-order valence-corrected chi connectivity index (χ0v) is 31.6. The van der Waals surface area contributed by atoms with Crippen LogP contribution in [0.5, 0.6) is 5.75 Å². The molecule has 0 saturated heterocycles. The van der Waals surface area contributed by atoms with Gasteiger partial charge in [0.05, 0.1) is 0 Å².